The average Bonchev–Trinajstić information content (AvgIpc) is 3.17. The van der Waals surface area contributed by atoms with Crippen LogP contribution in [0.3, 0.4) is 0 Å². The Kier molecular flexibility index (Phi) is 4.58. The van der Waals surface area contributed by atoms with Gasteiger partial charge in [-0.2, -0.15) is 5.10 Å². The van der Waals surface area contributed by atoms with Crippen molar-refractivity contribution in [1.29, 1.82) is 0 Å². The Morgan fingerprint density at radius 3 is 2.82 bits per heavy atom. The minimum atomic E-state index is -0.194. The third-order valence-corrected chi connectivity index (χ3v) is 5.07. The molecule has 144 valence electrons. The predicted octanol–water partition coefficient (Wildman–Crippen LogP) is 2.96. The van der Waals surface area contributed by atoms with Crippen LogP contribution >= 0.6 is 0 Å². The molecule has 1 saturated heterocycles. The van der Waals surface area contributed by atoms with E-state index in [0.717, 1.165) is 35.3 Å². The number of carbonyl (C=O) groups excluding carboxylic acids is 2. The van der Waals surface area contributed by atoms with Gasteiger partial charge in [-0.15, -0.1) is 0 Å². The highest BCUT2D eigenvalue weighted by Crippen LogP contribution is 2.23. The molecule has 4 rings (SSSR count). The summed E-state index contributed by atoms with van der Waals surface area (Å²) in [6, 6.07) is 9.44. The highest BCUT2D eigenvalue weighted by molar-refractivity contribution is 6.12. The summed E-state index contributed by atoms with van der Waals surface area (Å²) in [5, 5.41) is 8.15. The van der Waals surface area contributed by atoms with Gasteiger partial charge in [-0.25, -0.2) is 4.98 Å². The maximum atomic E-state index is 13.0. The van der Waals surface area contributed by atoms with E-state index in [1.165, 1.54) is 0 Å². The van der Waals surface area contributed by atoms with Crippen molar-refractivity contribution >= 4 is 28.5 Å². The molecule has 0 atom stereocenters. The highest BCUT2D eigenvalue weighted by Gasteiger charge is 2.21. The number of aromatic nitrogens is 3. The monoisotopic (exact) mass is 377 g/mol. The Labute approximate surface area is 163 Å². The maximum Gasteiger partial charge on any atom is 0.256 e. The summed E-state index contributed by atoms with van der Waals surface area (Å²) in [7, 11) is 1.83. The zero-order valence-corrected chi connectivity index (χ0v) is 16.3. The molecule has 3 heterocycles. The summed E-state index contributed by atoms with van der Waals surface area (Å²) in [4.78, 5) is 31.2. The topological polar surface area (TPSA) is 80.1 Å². The molecule has 0 aliphatic carbocycles. The van der Waals surface area contributed by atoms with Crippen molar-refractivity contribution < 1.29 is 9.59 Å². The fourth-order valence-corrected chi connectivity index (χ4v) is 3.79. The fourth-order valence-electron chi connectivity index (χ4n) is 3.79. The van der Waals surface area contributed by atoms with E-state index in [1.54, 1.807) is 10.7 Å². The lowest BCUT2D eigenvalue weighted by atomic mass is 10.1. The Morgan fingerprint density at radius 2 is 2.07 bits per heavy atom. The lowest BCUT2D eigenvalue weighted by molar-refractivity contribution is -0.128. The van der Waals surface area contributed by atoms with Crippen molar-refractivity contribution in [2.24, 2.45) is 7.05 Å². The van der Waals surface area contributed by atoms with Gasteiger partial charge in [0, 0.05) is 37.9 Å². The van der Waals surface area contributed by atoms with Crippen LogP contribution in [0.2, 0.25) is 0 Å². The Bertz CT molecular complexity index is 1090. The molecular weight excluding hydrogens is 354 g/mol. The molecule has 0 unspecified atom stereocenters. The number of amides is 2. The van der Waals surface area contributed by atoms with Gasteiger partial charge in [0.15, 0.2) is 5.65 Å². The zero-order valence-electron chi connectivity index (χ0n) is 16.3. The largest absolute Gasteiger partial charge is 0.338 e. The van der Waals surface area contributed by atoms with Gasteiger partial charge in [0.25, 0.3) is 5.91 Å². The number of fused-ring (bicyclic) bond motifs is 1. The lowest BCUT2D eigenvalue weighted by Crippen LogP contribution is -2.23. The summed E-state index contributed by atoms with van der Waals surface area (Å²) >= 11 is 0. The van der Waals surface area contributed by atoms with Gasteiger partial charge in [0.1, 0.15) is 0 Å². The molecule has 0 saturated carbocycles. The molecule has 1 aromatic carbocycles. The van der Waals surface area contributed by atoms with Crippen LogP contribution in [-0.2, 0) is 18.4 Å². The molecule has 3 aromatic rings. The van der Waals surface area contributed by atoms with E-state index in [2.05, 4.69) is 15.4 Å². The Morgan fingerprint density at radius 1 is 1.25 bits per heavy atom. The standard InChI is InChI=1S/C21H23N5O2/c1-13-10-17(19-14(2)24-25(3)20(19)22-13)21(28)23-16-7-4-6-15(11-16)12-26-9-5-8-18(26)27/h4,6-7,10-11H,5,8-9,12H2,1-3H3,(H,23,28). The van der Waals surface area contributed by atoms with Crippen LogP contribution in [0.25, 0.3) is 11.0 Å². The van der Waals surface area contributed by atoms with Crippen LogP contribution in [0.5, 0.6) is 0 Å². The van der Waals surface area contributed by atoms with Crippen molar-refractivity contribution in [1.82, 2.24) is 19.7 Å². The fraction of sp³-hybridized carbons (Fsp3) is 0.333. The van der Waals surface area contributed by atoms with Gasteiger partial charge in [0.05, 0.1) is 16.6 Å². The molecule has 1 aliphatic rings. The smallest absolute Gasteiger partial charge is 0.256 e. The summed E-state index contributed by atoms with van der Waals surface area (Å²) in [5.41, 5.74) is 4.51. The second-order valence-corrected chi connectivity index (χ2v) is 7.29. The molecule has 0 radical (unpaired) electrons. The molecule has 0 spiro atoms. The van der Waals surface area contributed by atoms with Crippen LogP contribution in [0, 0.1) is 13.8 Å². The predicted molar refractivity (Wildman–Crippen MR) is 107 cm³/mol. The van der Waals surface area contributed by atoms with Crippen molar-refractivity contribution in [2.75, 3.05) is 11.9 Å². The van der Waals surface area contributed by atoms with Gasteiger partial charge >= 0.3 is 0 Å². The first-order chi connectivity index (χ1) is 13.4. The molecular formula is C21H23N5O2. The normalized spacial score (nSPS) is 14.1. The number of anilines is 1. The summed E-state index contributed by atoms with van der Waals surface area (Å²) in [6.45, 7) is 5.11. The number of hydrogen-bond donors (Lipinski definition) is 1. The molecule has 2 aromatic heterocycles. The third kappa shape index (κ3) is 3.35. The van der Waals surface area contributed by atoms with E-state index >= 15 is 0 Å². The van der Waals surface area contributed by atoms with Gasteiger partial charge in [-0.05, 0) is 44.0 Å². The van der Waals surface area contributed by atoms with E-state index in [1.807, 2.05) is 50.1 Å². The van der Waals surface area contributed by atoms with Crippen LogP contribution in [0.4, 0.5) is 5.69 Å². The minimum absolute atomic E-state index is 0.191. The van der Waals surface area contributed by atoms with Crippen molar-refractivity contribution in [3.63, 3.8) is 0 Å². The van der Waals surface area contributed by atoms with Crippen LogP contribution in [-0.4, -0.2) is 38.0 Å². The van der Waals surface area contributed by atoms with Gasteiger partial charge in [0.2, 0.25) is 5.91 Å². The van der Waals surface area contributed by atoms with Crippen LogP contribution in [0.15, 0.2) is 30.3 Å². The molecule has 1 fully saturated rings. The van der Waals surface area contributed by atoms with E-state index in [0.29, 0.717) is 29.9 Å². The van der Waals surface area contributed by atoms with Crippen LogP contribution < -0.4 is 5.32 Å². The number of pyridine rings is 1. The van der Waals surface area contributed by atoms with E-state index in [4.69, 9.17) is 0 Å². The van der Waals surface area contributed by atoms with E-state index in [9.17, 15) is 9.59 Å². The lowest BCUT2D eigenvalue weighted by Gasteiger charge is -2.16. The molecule has 7 nitrogen and oxygen atoms in total. The third-order valence-electron chi connectivity index (χ3n) is 5.07. The Hall–Kier alpha value is -3.22. The number of nitrogens with zero attached hydrogens (tertiary/aromatic N) is 4. The first-order valence-electron chi connectivity index (χ1n) is 9.41. The molecule has 7 heteroatoms. The number of carbonyl (C=O) groups is 2. The second kappa shape index (κ2) is 7.07. The zero-order chi connectivity index (χ0) is 19.8. The van der Waals surface area contributed by atoms with Gasteiger partial charge in [-0.1, -0.05) is 12.1 Å². The molecule has 28 heavy (non-hydrogen) atoms. The molecule has 0 bridgehead atoms. The van der Waals surface area contributed by atoms with Gasteiger partial charge in [-0.3, -0.25) is 14.3 Å². The van der Waals surface area contributed by atoms with E-state index in [-0.39, 0.29) is 11.8 Å². The maximum absolute atomic E-state index is 13.0. The van der Waals surface area contributed by atoms with Crippen LogP contribution in [0.1, 0.15) is 40.2 Å². The minimum Gasteiger partial charge on any atom is -0.338 e. The molecule has 1 N–H and O–H groups in total. The molecule has 1 aliphatic heterocycles. The molecule has 2 amide bonds. The quantitative estimate of drug-likeness (QED) is 0.758. The summed E-state index contributed by atoms with van der Waals surface area (Å²) < 4.78 is 1.70. The number of aryl methyl sites for hydroxylation is 3. The first-order valence-corrected chi connectivity index (χ1v) is 9.41. The van der Waals surface area contributed by atoms with Crippen molar-refractivity contribution in [3.8, 4) is 0 Å². The SMILES string of the molecule is Cc1cc(C(=O)Nc2cccc(CN3CCCC3=O)c2)c2c(C)nn(C)c2n1. The number of likely N-dealkylation sites (tertiary alicyclic amines) is 1. The summed E-state index contributed by atoms with van der Waals surface area (Å²) in [6.07, 6.45) is 1.54. The number of nitrogens with one attached hydrogen (secondary N) is 1. The number of hydrogen-bond acceptors (Lipinski definition) is 4. The van der Waals surface area contributed by atoms with E-state index < -0.39 is 0 Å². The van der Waals surface area contributed by atoms with Gasteiger partial charge < -0.3 is 10.2 Å². The second-order valence-electron chi connectivity index (χ2n) is 7.29. The summed E-state index contributed by atoms with van der Waals surface area (Å²) in [5.74, 6) is -0.00265. The first kappa shape index (κ1) is 18.2. The van der Waals surface area contributed by atoms with Crippen molar-refractivity contribution in [3.05, 3.63) is 52.8 Å². The van der Waals surface area contributed by atoms with Crippen molar-refractivity contribution in [2.45, 2.75) is 33.2 Å². The highest BCUT2D eigenvalue weighted by atomic mass is 16.2. The average molecular weight is 377 g/mol. The number of benzene rings is 1. The number of rotatable bonds is 4. The Balaban J connectivity index is 1.60.